The molecule has 1 saturated heterocycles. The zero-order chi connectivity index (χ0) is 16.2. The summed E-state index contributed by atoms with van der Waals surface area (Å²) < 4.78 is 0. The van der Waals surface area contributed by atoms with E-state index in [0.717, 1.165) is 0 Å². The average molecular weight is 334 g/mol. The molecule has 1 atom stereocenters. The van der Waals surface area contributed by atoms with Crippen molar-refractivity contribution >= 4 is 17.2 Å². The van der Waals surface area contributed by atoms with E-state index in [9.17, 15) is 9.90 Å². The summed E-state index contributed by atoms with van der Waals surface area (Å²) in [6.07, 6.45) is 3.96. The number of hydrogen-bond donors (Lipinski definition) is 2. The molecule has 3 rings (SSSR count). The van der Waals surface area contributed by atoms with Gasteiger partial charge in [-0.2, -0.15) is 0 Å². The van der Waals surface area contributed by atoms with Crippen LogP contribution in [0.5, 0.6) is 0 Å². The Balaban J connectivity index is 1.65. The maximum absolute atomic E-state index is 12.5. The molecule has 1 fully saturated rings. The first-order valence-electron chi connectivity index (χ1n) is 7.50. The highest BCUT2D eigenvalue weighted by atomic mass is 32.1. The third-order valence-corrected chi connectivity index (χ3v) is 4.88. The standard InChI is InChI=1S/C15H18N4O3S/c20-8-12(21)10-2-6-19(7-3-10)15(22)11-9-23-14(18-11)13-16-4-1-5-17-13/h1,4-5,9-10,12,20-21H,2-3,6-8H2. The van der Waals surface area contributed by atoms with Gasteiger partial charge in [0.2, 0.25) is 0 Å². The van der Waals surface area contributed by atoms with E-state index in [0.29, 0.717) is 42.5 Å². The number of aliphatic hydroxyl groups is 2. The van der Waals surface area contributed by atoms with Gasteiger partial charge < -0.3 is 15.1 Å². The van der Waals surface area contributed by atoms with Crippen LogP contribution in [-0.2, 0) is 0 Å². The Kier molecular flexibility index (Phi) is 4.94. The maximum Gasteiger partial charge on any atom is 0.273 e. The Morgan fingerprint density at radius 3 is 2.70 bits per heavy atom. The van der Waals surface area contributed by atoms with Crippen LogP contribution in [0.4, 0.5) is 0 Å². The molecule has 3 heterocycles. The first kappa shape index (κ1) is 16.0. The molecular formula is C15H18N4O3S. The zero-order valence-corrected chi connectivity index (χ0v) is 13.3. The Morgan fingerprint density at radius 2 is 2.04 bits per heavy atom. The van der Waals surface area contributed by atoms with Crippen LogP contribution in [0.1, 0.15) is 23.3 Å². The summed E-state index contributed by atoms with van der Waals surface area (Å²) in [5.41, 5.74) is 0.401. The third kappa shape index (κ3) is 3.54. The van der Waals surface area contributed by atoms with Crippen LogP contribution in [0.3, 0.4) is 0 Å². The van der Waals surface area contributed by atoms with E-state index in [1.54, 1.807) is 28.7 Å². The molecular weight excluding hydrogens is 316 g/mol. The lowest BCUT2D eigenvalue weighted by molar-refractivity contribution is 0.0178. The van der Waals surface area contributed by atoms with Gasteiger partial charge in [0.05, 0.1) is 12.7 Å². The van der Waals surface area contributed by atoms with Gasteiger partial charge in [-0.05, 0) is 24.8 Å². The third-order valence-electron chi connectivity index (χ3n) is 4.04. The van der Waals surface area contributed by atoms with Gasteiger partial charge in [0, 0.05) is 30.9 Å². The minimum absolute atomic E-state index is 0.0489. The van der Waals surface area contributed by atoms with Gasteiger partial charge in [-0.3, -0.25) is 4.79 Å². The monoisotopic (exact) mass is 334 g/mol. The molecule has 8 heteroatoms. The Morgan fingerprint density at radius 1 is 1.35 bits per heavy atom. The number of aliphatic hydroxyl groups excluding tert-OH is 2. The molecule has 2 aromatic rings. The normalized spacial score (nSPS) is 17.2. The number of nitrogens with zero attached hydrogens (tertiary/aromatic N) is 4. The quantitative estimate of drug-likeness (QED) is 0.858. The molecule has 0 aliphatic carbocycles. The predicted molar refractivity (Wildman–Crippen MR) is 84.9 cm³/mol. The number of piperidine rings is 1. The summed E-state index contributed by atoms with van der Waals surface area (Å²) in [6.45, 7) is 0.898. The molecule has 7 nitrogen and oxygen atoms in total. The second-order valence-corrected chi connectivity index (χ2v) is 6.35. The van der Waals surface area contributed by atoms with Gasteiger partial charge in [0.15, 0.2) is 10.8 Å². The van der Waals surface area contributed by atoms with E-state index >= 15 is 0 Å². The average Bonchev–Trinajstić information content (AvgIpc) is 3.11. The highest BCUT2D eigenvalue weighted by molar-refractivity contribution is 7.13. The minimum atomic E-state index is -0.701. The van der Waals surface area contributed by atoms with Crippen molar-refractivity contribution in [1.29, 1.82) is 0 Å². The van der Waals surface area contributed by atoms with Gasteiger partial charge in [0.1, 0.15) is 5.69 Å². The number of carbonyl (C=O) groups is 1. The number of amides is 1. The van der Waals surface area contributed by atoms with Crippen LogP contribution < -0.4 is 0 Å². The summed E-state index contributed by atoms with van der Waals surface area (Å²) in [5, 5.41) is 21.0. The molecule has 1 aliphatic rings. The first-order chi connectivity index (χ1) is 11.2. The van der Waals surface area contributed by atoms with Crippen LogP contribution in [0.25, 0.3) is 10.8 Å². The number of likely N-dealkylation sites (tertiary alicyclic amines) is 1. The fourth-order valence-electron chi connectivity index (χ4n) is 2.68. The molecule has 2 aromatic heterocycles. The van der Waals surface area contributed by atoms with Crippen LogP contribution in [0, 0.1) is 5.92 Å². The number of carbonyl (C=O) groups excluding carboxylic acids is 1. The molecule has 1 aliphatic heterocycles. The topological polar surface area (TPSA) is 99.4 Å². The minimum Gasteiger partial charge on any atom is -0.394 e. The van der Waals surface area contributed by atoms with Crippen molar-refractivity contribution < 1.29 is 15.0 Å². The summed E-state index contributed by atoms with van der Waals surface area (Å²) in [5.74, 6) is 0.453. The van der Waals surface area contributed by atoms with Gasteiger partial charge in [0.25, 0.3) is 5.91 Å². The van der Waals surface area contributed by atoms with Crippen molar-refractivity contribution in [3.8, 4) is 10.8 Å². The van der Waals surface area contributed by atoms with E-state index in [1.807, 2.05) is 0 Å². The largest absolute Gasteiger partial charge is 0.394 e. The molecule has 0 saturated carbocycles. The molecule has 1 amide bonds. The number of hydrogen-bond acceptors (Lipinski definition) is 7. The highest BCUT2D eigenvalue weighted by Gasteiger charge is 2.28. The van der Waals surface area contributed by atoms with E-state index in [-0.39, 0.29) is 18.4 Å². The lowest BCUT2D eigenvalue weighted by atomic mass is 9.91. The second kappa shape index (κ2) is 7.12. The van der Waals surface area contributed by atoms with Crippen LogP contribution in [0.2, 0.25) is 0 Å². The van der Waals surface area contributed by atoms with E-state index in [1.165, 1.54) is 11.3 Å². The Labute approximate surface area is 137 Å². The van der Waals surface area contributed by atoms with Gasteiger partial charge in [-0.1, -0.05) is 0 Å². The van der Waals surface area contributed by atoms with E-state index in [4.69, 9.17) is 5.11 Å². The van der Waals surface area contributed by atoms with Crippen LogP contribution >= 0.6 is 11.3 Å². The molecule has 0 bridgehead atoms. The Hall–Kier alpha value is -1.90. The van der Waals surface area contributed by atoms with E-state index in [2.05, 4.69) is 15.0 Å². The predicted octanol–water partition coefficient (Wildman–Crippen LogP) is 0.805. The molecule has 2 N–H and O–H groups in total. The fraction of sp³-hybridized carbons (Fsp3) is 0.467. The SMILES string of the molecule is O=C(c1csc(-c2ncccn2)n1)N1CCC(C(O)CO)CC1. The lowest BCUT2D eigenvalue weighted by Crippen LogP contribution is -2.42. The van der Waals surface area contributed by atoms with Crippen LogP contribution in [-0.4, -0.2) is 61.8 Å². The summed E-state index contributed by atoms with van der Waals surface area (Å²) >= 11 is 1.35. The fourth-order valence-corrected chi connectivity index (χ4v) is 3.42. The number of aromatic nitrogens is 3. The first-order valence-corrected chi connectivity index (χ1v) is 8.38. The van der Waals surface area contributed by atoms with Crippen molar-refractivity contribution in [2.45, 2.75) is 18.9 Å². The molecule has 1 unspecified atom stereocenters. The highest BCUT2D eigenvalue weighted by Crippen LogP contribution is 2.24. The molecule has 122 valence electrons. The van der Waals surface area contributed by atoms with Gasteiger partial charge >= 0.3 is 0 Å². The van der Waals surface area contributed by atoms with Gasteiger partial charge in [-0.25, -0.2) is 15.0 Å². The zero-order valence-electron chi connectivity index (χ0n) is 12.5. The van der Waals surface area contributed by atoms with Crippen molar-refractivity contribution in [3.05, 3.63) is 29.5 Å². The number of thiazole rings is 1. The van der Waals surface area contributed by atoms with Crippen LogP contribution in [0.15, 0.2) is 23.8 Å². The molecule has 0 radical (unpaired) electrons. The van der Waals surface area contributed by atoms with Crippen molar-refractivity contribution in [2.24, 2.45) is 5.92 Å². The van der Waals surface area contributed by atoms with Crippen molar-refractivity contribution in [2.75, 3.05) is 19.7 Å². The lowest BCUT2D eigenvalue weighted by Gasteiger charge is -2.33. The number of rotatable bonds is 4. The van der Waals surface area contributed by atoms with Crippen molar-refractivity contribution in [1.82, 2.24) is 19.9 Å². The summed E-state index contributed by atoms with van der Waals surface area (Å²) in [4.78, 5) is 26.9. The maximum atomic E-state index is 12.5. The summed E-state index contributed by atoms with van der Waals surface area (Å²) in [7, 11) is 0. The smallest absolute Gasteiger partial charge is 0.273 e. The molecule has 0 spiro atoms. The Bertz CT molecular complexity index is 656. The van der Waals surface area contributed by atoms with Crippen molar-refractivity contribution in [3.63, 3.8) is 0 Å². The summed E-state index contributed by atoms with van der Waals surface area (Å²) in [6, 6.07) is 1.73. The molecule has 23 heavy (non-hydrogen) atoms. The van der Waals surface area contributed by atoms with E-state index < -0.39 is 6.10 Å². The molecule has 0 aromatic carbocycles. The van der Waals surface area contributed by atoms with Gasteiger partial charge in [-0.15, -0.1) is 11.3 Å². The second-order valence-electron chi connectivity index (χ2n) is 5.49.